The van der Waals surface area contributed by atoms with Gasteiger partial charge in [-0.15, -0.1) is 0 Å². The summed E-state index contributed by atoms with van der Waals surface area (Å²) in [5.41, 5.74) is -0.408. The first-order valence-electron chi connectivity index (χ1n) is 7.64. The summed E-state index contributed by atoms with van der Waals surface area (Å²) in [6.07, 6.45) is 2.11. The largest absolute Gasteiger partial charge is 0.444 e. The molecule has 0 aromatic heterocycles. The molecule has 2 heterocycles. The van der Waals surface area contributed by atoms with Crippen LogP contribution in [-0.4, -0.2) is 78.8 Å². The first kappa shape index (κ1) is 15.6. The van der Waals surface area contributed by atoms with E-state index in [-0.39, 0.29) is 6.09 Å². The Labute approximate surface area is 122 Å². The predicted octanol–water partition coefficient (Wildman–Crippen LogP) is 1.63. The fraction of sp³-hybridized carbons (Fsp3) is 0.933. The zero-order valence-corrected chi connectivity index (χ0v) is 13.6. The monoisotopic (exact) mass is 283 g/mol. The number of rotatable bonds is 2. The smallest absolute Gasteiger partial charge is 0.410 e. The second-order valence-electron chi connectivity index (χ2n) is 7.24. The van der Waals surface area contributed by atoms with Gasteiger partial charge < -0.3 is 14.5 Å². The fourth-order valence-electron chi connectivity index (χ4n) is 3.11. The summed E-state index contributed by atoms with van der Waals surface area (Å²) in [4.78, 5) is 18.8. The fourth-order valence-corrected chi connectivity index (χ4v) is 3.11. The first-order chi connectivity index (χ1) is 9.26. The van der Waals surface area contributed by atoms with Crippen molar-refractivity contribution in [1.82, 2.24) is 14.7 Å². The van der Waals surface area contributed by atoms with E-state index in [0.29, 0.717) is 12.1 Å². The van der Waals surface area contributed by atoms with Crippen LogP contribution in [-0.2, 0) is 4.74 Å². The maximum Gasteiger partial charge on any atom is 0.410 e. The van der Waals surface area contributed by atoms with Gasteiger partial charge in [-0.05, 0) is 54.3 Å². The minimum absolute atomic E-state index is 0.170. The summed E-state index contributed by atoms with van der Waals surface area (Å²) in [5, 5.41) is 0. The Hall–Kier alpha value is -0.810. The third kappa shape index (κ3) is 3.85. The predicted molar refractivity (Wildman–Crippen MR) is 79.9 cm³/mol. The van der Waals surface area contributed by atoms with Crippen molar-refractivity contribution in [1.29, 1.82) is 0 Å². The Bertz CT molecular complexity index is 354. The quantitative estimate of drug-likeness (QED) is 0.772. The van der Waals surface area contributed by atoms with E-state index in [0.717, 1.165) is 26.1 Å². The van der Waals surface area contributed by atoms with Crippen molar-refractivity contribution in [2.45, 2.75) is 51.3 Å². The highest BCUT2D eigenvalue weighted by Crippen LogP contribution is 2.22. The molecule has 0 unspecified atom stereocenters. The van der Waals surface area contributed by atoms with Gasteiger partial charge in [-0.2, -0.15) is 0 Å². The average Bonchev–Trinajstić information content (AvgIpc) is 2.94. The molecule has 0 aromatic carbocycles. The lowest BCUT2D eigenvalue weighted by Gasteiger charge is -2.30. The molecule has 20 heavy (non-hydrogen) atoms. The summed E-state index contributed by atoms with van der Waals surface area (Å²) in [7, 11) is 4.38. The van der Waals surface area contributed by atoms with Gasteiger partial charge in [-0.1, -0.05) is 0 Å². The van der Waals surface area contributed by atoms with Gasteiger partial charge in [0.25, 0.3) is 0 Å². The molecule has 2 rings (SSSR count). The second-order valence-corrected chi connectivity index (χ2v) is 7.24. The molecule has 2 saturated heterocycles. The van der Waals surface area contributed by atoms with Crippen LogP contribution in [0.4, 0.5) is 4.79 Å². The van der Waals surface area contributed by atoms with Gasteiger partial charge in [0.15, 0.2) is 0 Å². The molecule has 2 fully saturated rings. The van der Waals surface area contributed by atoms with Gasteiger partial charge in [0, 0.05) is 31.7 Å². The Morgan fingerprint density at radius 2 is 1.75 bits per heavy atom. The topological polar surface area (TPSA) is 36.0 Å². The number of likely N-dealkylation sites (tertiary alicyclic amines) is 2. The van der Waals surface area contributed by atoms with E-state index in [1.807, 2.05) is 25.7 Å². The average molecular weight is 283 g/mol. The molecular weight excluding hydrogens is 254 g/mol. The second kappa shape index (κ2) is 5.90. The Morgan fingerprint density at radius 1 is 1.15 bits per heavy atom. The van der Waals surface area contributed by atoms with Gasteiger partial charge in [-0.25, -0.2) is 4.79 Å². The lowest BCUT2D eigenvalue weighted by Crippen LogP contribution is -2.44. The highest BCUT2D eigenvalue weighted by molar-refractivity contribution is 5.68. The normalized spacial score (nSPS) is 28.4. The molecule has 0 saturated carbocycles. The van der Waals surface area contributed by atoms with Crippen LogP contribution < -0.4 is 0 Å². The van der Waals surface area contributed by atoms with E-state index in [1.165, 1.54) is 13.0 Å². The SMILES string of the molecule is CN1CC[C@H](N(C)[C@H]2CCN(C(=O)OC(C)(C)C)C2)C1. The molecule has 2 atom stereocenters. The van der Waals surface area contributed by atoms with E-state index in [1.54, 1.807) is 0 Å². The zero-order valence-electron chi connectivity index (χ0n) is 13.6. The number of carbonyl (C=O) groups is 1. The highest BCUT2D eigenvalue weighted by Gasteiger charge is 2.35. The molecule has 0 N–H and O–H groups in total. The number of likely N-dealkylation sites (N-methyl/N-ethyl adjacent to an activating group) is 2. The number of nitrogens with zero attached hydrogens (tertiary/aromatic N) is 3. The highest BCUT2D eigenvalue weighted by atomic mass is 16.6. The minimum Gasteiger partial charge on any atom is -0.444 e. The summed E-state index contributed by atoms with van der Waals surface area (Å²) in [6, 6.07) is 1.10. The number of amides is 1. The number of ether oxygens (including phenoxy) is 1. The van der Waals surface area contributed by atoms with Crippen LogP contribution in [0.3, 0.4) is 0 Å². The van der Waals surface area contributed by atoms with E-state index in [9.17, 15) is 4.79 Å². The molecule has 1 amide bonds. The maximum absolute atomic E-state index is 12.1. The van der Waals surface area contributed by atoms with E-state index in [2.05, 4.69) is 23.9 Å². The molecule has 2 aliphatic rings. The third-order valence-electron chi connectivity index (χ3n) is 4.33. The maximum atomic E-state index is 12.1. The van der Waals surface area contributed by atoms with Crippen LogP contribution in [0.1, 0.15) is 33.6 Å². The summed E-state index contributed by atoms with van der Waals surface area (Å²) < 4.78 is 5.45. The number of hydrogen-bond donors (Lipinski definition) is 0. The van der Waals surface area contributed by atoms with Crippen LogP contribution in [0.25, 0.3) is 0 Å². The molecule has 116 valence electrons. The van der Waals surface area contributed by atoms with Crippen molar-refractivity contribution >= 4 is 6.09 Å². The molecule has 0 aromatic rings. The van der Waals surface area contributed by atoms with Gasteiger partial charge in [0.05, 0.1) is 0 Å². The van der Waals surface area contributed by atoms with Crippen molar-refractivity contribution in [2.24, 2.45) is 0 Å². The third-order valence-corrected chi connectivity index (χ3v) is 4.33. The Morgan fingerprint density at radius 3 is 2.30 bits per heavy atom. The summed E-state index contributed by atoms with van der Waals surface area (Å²) >= 11 is 0. The zero-order chi connectivity index (χ0) is 14.9. The number of carbonyl (C=O) groups excluding carboxylic acids is 1. The molecule has 0 spiro atoms. The summed E-state index contributed by atoms with van der Waals surface area (Å²) in [5.74, 6) is 0. The van der Waals surface area contributed by atoms with Gasteiger partial charge >= 0.3 is 6.09 Å². The van der Waals surface area contributed by atoms with Crippen LogP contribution >= 0.6 is 0 Å². The van der Waals surface area contributed by atoms with Crippen molar-refractivity contribution < 1.29 is 9.53 Å². The molecule has 5 nitrogen and oxygen atoms in total. The molecule has 5 heteroatoms. The standard InChI is InChI=1S/C15H29N3O2/c1-15(2,3)20-14(19)18-9-7-13(11-18)17(5)12-6-8-16(4)10-12/h12-13H,6-11H2,1-5H3/t12-,13-/m0/s1. The van der Waals surface area contributed by atoms with Crippen molar-refractivity contribution in [3.8, 4) is 0 Å². The van der Waals surface area contributed by atoms with Crippen LogP contribution in [0.15, 0.2) is 0 Å². The van der Waals surface area contributed by atoms with Crippen molar-refractivity contribution in [3.63, 3.8) is 0 Å². The van der Waals surface area contributed by atoms with Gasteiger partial charge in [0.1, 0.15) is 5.60 Å². The molecule has 0 aliphatic carbocycles. The van der Waals surface area contributed by atoms with Gasteiger partial charge in [0.2, 0.25) is 0 Å². The summed E-state index contributed by atoms with van der Waals surface area (Å²) in [6.45, 7) is 9.67. The molecule has 2 aliphatic heterocycles. The van der Waals surface area contributed by atoms with Crippen molar-refractivity contribution in [3.05, 3.63) is 0 Å². The molecule has 0 bridgehead atoms. The van der Waals surface area contributed by atoms with E-state index < -0.39 is 5.60 Å². The van der Waals surface area contributed by atoms with Crippen molar-refractivity contribution in [2.75, 3.05) is 40.3 Å². The molecular formula is C15H29N3O2. The van der Waals surface area contributed by atoms with E-state index >= 15 is 0 Å². The van der Waals surface area contributed by atoms with Crippen LogP contribution in [0.2, 0.25) is 0 Å². The van der Waals surface area contributed by atoms with Gasteiger partial charge in [-0.3, -0.25) is 4.90 Å². The van der Waals surface area contributed by atoms with E-state index in [4.69, 9.17) is 4.74 Å². The lowest BCUT2D eigenvalue weighted by atomic mass is 10.1. The number of hydrogen-bond acceptors (Lipinski definition) is 4. The minimum atomic E-state index is -0.408. The Kier molecular flexibility index (Phi) is 4.59. The van der Waals surface area contributed by atoms with Crippen LogP contribution in [0, 0.1) is 0 Å². The first-order valence-corrected chi connectivity index (χ1v) is 7.64. The Balaban J connectivity index is 1.84. The lowest BCUT2D eigenvalue weighted by molar-refractivity contribution is 0.0278. The molecule has 0 radical (unpaired) electrons. The van der Waals surface area contributed by atoms with Crippen LogP contribution in [0.5, 0.6) is 0 Å².